The van der Waals surface area contributed by atoms with Crippen molar-refractivity contribution < 1.29 is 4.79 Å². The molecule has 5 nitrogen and oxygen atoms in total. The second kappa shape index (κ2) is 4.69. The van der Waals surface area contributed by atoms with Gasteiger partial charge in [0.05, 0.1) is 16.4 Å². The number of hydrogen-bond acceptors (Lipinski definition) is 4. The number of nitrogens with two attached hydrogens (primary N) is 1. The minimum absolute atomic E-state index is 0.641. The number of carbonyl (C=O) groups is 1. The molecule has 0 aromatic carbocycles. The van der Waals surface area contributed by atoms with Crippen LogP contribution in [0.25, 0.3) is 0 Å². The van der Waals surface area contributed by atoms with Gasteiger partial charge in [0.25, 0.3) is 0 Å². The summed E-state index contributed by atoms with van der Waals surface area (Å²) < 4.78 is 0.895. The Morgan fingerprint density at radius 3 is 2.62 bits per heavy atom. The first kappa shape index (κ1) is 11.2. The Hall–Kier alpha value is -1.30. The summed E-state index contributed by atoms with van der Waals surface area (Å²) in [6.07, 6.45) is 2.54. The Morgan fingerprint density at radius 2 is 2.06 bits per heavy atom. The summed E-state index contributed by atoms with van der Waals surface area (Å²) in [6, 6.07) is 1.84. The highest BCUT2D eigenvalue weighted by Gasteiger charge is 2.18. The molecule has 1 aliphatic heterocycles. The van der Waals surface area contributed by atoms with Crippen molar-refractivity contribution in [3.05, 3.63) is 16.7 Å². The highest BCUT2D eigenvalue weighted by Crippen LogP contribution is 2.26. The number of nitrogens with zero attached hydrogens (tertiary/aromatic N) is 3. The van der Waals surface area contributed by atoms with Gasteiger partial charge in [0.1, 0.15) is 5.82 Å². The van der Waals surface area contributed by atoms with Crippen LogP contribution in [-0.4, -0.2) is 42.5 Å². The zero-order valence-electron chi connectivity index (χ0n) is 8.77. The smallest absolute Gasteiger partial charge is 0.209 e. The van der Waals surface area contributed by atoms with Crippen molar-refractivity contribution in [1.29, 1.82) is 0 Å². The van der Waals surface area contributed by atoms with Crippen LogP contribution < -0.4 is 10.6 Å². The van der Waals surface area contributed by atoms with E-state index in [2.05, 4.69) is 25.8 Å². The van der Waals surface area contributed by atoms with Crippen LogP contribution in [0.5, 0.6) is 0 Å². The summed E-state index contributed by atoms with van der Waals surface area (Å²) in [6.45, 7) is 3.08. The van der Waals surface area contributed by atoms with Crippen LogP contribution in [0.15, 0.2) is 16.7 Å². The van der Waals surface area contributed by atoms with Gasteiger partial charge in [0, 0.05) is 26.2 Å². The molecule has 0 saturated carbocycles. The van der Waals surface area contributed by atoms with Gasteiger partial charge in [-0.3, -0.25) is 4.79 Å². The number of nitrogen functional groups attached to an aromatic ring is 1. The second-order valence-corrected chi connectivity index (χ2v) is 4.56. The summed E-state index contributed by atoms with van der Waals surface area (Å²) in [5, 5.41) is 0. The number of amides is 1. The summed E-state index contributed by atoms with van der Waals surface area (Å²) >= 11 is 3.45. The maximum Gasteiger partial charge on any atom is 0.209 e. The van der Waals surface area contributed by atoms with E-state index >= 15 is 0 Å². The molecule has 1 aromatic heterocycles. The van der Waals surface area contributed by atoms with Crippen molar-refractivity contribution in [1.82, 2.24) is 9.88 Å². The zero-order chi connectivity index (χ0) is 11.5. The lowest BCUT2D eigenvalue weighted by Crippen LogP contribution is -2.46. The van der Waals surface area contributed by atoms with Gasteiger partial charge in [-0.2, -0.15) is 0 Å². The van der Waals surface area contributed by atoms with Crippen LogP contribution in [-0.2, 0) is 4.79 Å². The van der Waals surface area contributed by atoms with Gasteiger partial charge in [0.15, 0.2) is 0 Å². The van der Waals surface area contributed by atoms with Crippen molar-refractivity contribution in [2.45, 2.75) is 0 Å². The minimum atomic E-state index is 0.641. The maximum atomic E-state index is 10.6. The van der Waals surface area contributed by atoms with Crippen LogP contribution in [0, 0.1) is 0 Å². The van der Waals surface area contributed by atoms with Gasteiger partial charge in [-0.05, 0) is 22.0 Å². The first-order valence-corrected chi connectivity index (χ1v) is 5.85. The van der Waals surface area contributed by atoms with Crippen LogP contribution in [0.3, 0.4) is 0 Å². The van der Waals surface area contributed by atoms with Crippen molar-refractivity contribution in [2.24, 2.45) is 0 Å². The minimum Gasteiger partial charge on any atom is -0.397 e. The van der Waals surface area contributed by atoms with Gasteiger partial charge < -0.3 is 15.5 Å². The molecular weight excluding hydrogens is 272 g/mol. The number of pyridine rings is 1. The Bertz CT molecular complexity index is 390. The molecule has 0 unspecified atom stereocenters. The molecular formula is C10H13BrN4O. The number of rotatable bonds is 2. The van der Waals surface area contributed by atoms with Crippen LogP contribution >= 0.6 is 15.9 Å². The van der Waals surface area contributed by atoms with E-state index in [9.17, 15) is 4.79 Å². The molecule has 0 bridgehead atoms. The monoisotopic (exact) mass is 284 g/mol. The molecule has 86 valence electrons. The van der Waals surface area contributed by atoms with Gasteiger partial charge in [-0.25, -0.2) is 4.98 Å². The van der Waals surface area contributed by atoms with Crippen molar-refractivity contribution in [3.8, 4) is 0 Å². The molecule has 16 heavy (non-hydrogen) atoms. The van der Waals surface area contributed by atoms with Gasteiger partial charge >= 0.3 is 0 Å². The number of hydrogen-bond donors (Lipinski definition) is 1. The van der Waals surface area contributed by atoms with E-state index in [4.69, 9.17) is 5.73 Å². The predicted octanol–water partition coefficient (Wildman–Crippen LogP) is 0.705. The lowest BCUT2D eigenvalue weighted by atomic mass is 10.3. The van der Waals surface area contributed by atoms with E-state index in [1.807, 2.05) is 6.07 Å². The second-order valence-electron chi connectivity index (χ2n) is 3.70. The molecule has 1 amide bonds. The average molecular weight is 285 g/mol. The topological polar surface area (TPSA) is 62.5 Å². The largest absolute Gasteiger partial charge is 0.397 e. The Labute approximate surface area is 102 Å². The van der Waals surface area contributed by atoms with Crippen molar-refractivity contribution >= 4 is 33.8 Å². The van der Waals surface area contributed by atoms with E-state index in [1.165, 1.54) is 0 Å². The Kier molecular flexibility index (Phi) is 3.28. The normalized spacial score (nSPS) is 16.3. The fourth-order valence-electron chi connectivity index (χ4n) is 1.72. The highest BCUT2D eigenvalue weighted by molar-refractivity contribution is 9.10. The van der Waals surface area contributed by atoms with Gasteiger partial charge in [-0.1, -0.05) is 0 Å². The first-order valence-electron chi connectivity index (χ1n) is 5.06. The summed E-state index contributed by atoms with van der Waals surface area (Å²) in [5.74, 6) is 0.889. The molecule has 0 atom stereocenters. The van der Waals surface area contributed by atoms with Crippen LogP contribution in [0.2, 0.25) is 0 Å². The third-order valence-corrected chi connectivity index (χ3v) is 3.19. The fourth-order valence-corrected chi connectivity index (χ4v) is 2.33. The van der Waals surface area contributed by atoms with Crippen molar-refractivity contribution in [3.63, 3.8) is 0 Å². The van der Waals surface area contributed by atoms with E-state index in [1.54, 1.807) is 11.1 Å². The lowest BCUT2D eigenvalue weighted by Gasteiger charge is -2.33. The predicted molar refractivity (Wildman–Crippen MR) is 66.2 cm³/mol. The van der Waals surface area contributed by atoms with Crippen LogP contribution in [0.4, 0.5) is 11.5 Å². The summed E-state index contributed by atoms with van der Waals surface area (Å²) in [5.41, 5.74) is 6.28. The molecule has 1 fully saturated rings. The SMILES string of the molecule is Nc1cnc(N2CCN(C=O)CC2)c(Br)c1. The quantitative estimate of drug-likeness (QED) is 0.813. The van der Waals surface area contributed by atoms with Crippen molar-refractivity contribution in [2.75, 3.05) is 36.8 Å². The summed E-state index contributed by atoms with van der Waals surface area (Å²) in [7, 11) is 0. The van der Waals surface area contributed by atoms with Gasteiger partial charge in [-0.15, -0.1) is 0 Å². The number of aromatic nitrogens is 1. The Morgan fingerprint density at radius 1 is 1.38 bits per heavy atom. The third kappa shape index (κ3) is 2.27. The lowest BCUT2D eigenvalue weighted by molar-refractivity contribution is -0.118. The molecule has 2 N–H and O–H groups in total. The fraction of sp³-hybridized carbons (Fsp3) is 0.400. The maximum absolute atomic E-state index is 10.6. The molecule has 1 saturated heterocycles. The first-order chi connectivity index (χ1) is 7.70. The number of halogens is 1. The van der Waals surface area contributed by atoms with E-state index in [0.717, 1.165) is 42.9 Å². The molecule has 6 heteroatoms. The molecule has 0 spiro atoms. The van der Waals surface area contributed by atoms with E-state index in [-0.39, 0.29) is 0 Å². The number of anilines is 2. The Balaban J connectivity index is 2.11. The van der Waals surface area contributed by atoms with Gasteiger partial charge in [0.2, 0.25) is 6.41 Å². The third-order valence-electron chi connectivity index (χ3n) is 2.61. The average Bonchev–Trinajstić information content (AvgIpc) is 2.29. The number of piperazine rings is 1. The molecule has 2 rings (SSSR count). The van der Waals surface area contributed by atoms with E-state index in [0.29, 0.717) is 5.69 Å². The zero-order valence-corrected chi connectivity index (χ0v) is 10.4. The van der Waals surface area contributed by atoms with Crippen LogP contribution in [0.1, 0.15) is 0 Å². The molecule has 1 aromatic rings. The molecule has 0 aliphatic carbocycles. The summed E-state index contributed by atoms with van der Waals surface area (Å²) in [4.78, 5) is 18.8. The molecule has 0 radical (unpaired) electrons. The molecule has 2 heterocycles. The molecule has 1 aliphatic rings. The van der Waals surface area contributed by atoms with E-state index < -0.39 is 0 Å². The number of carbonyl (C=O) groups excluding carboxylic acids is 1. The highest BCUT2D eigenvalue weighted by atomic mass is 79.9. The standard InChI is InChI=1S/C10H13BrN4O/c11-9-5-8(12)6-13-10(9)15-3-1-14(7-16)2-4-15/h5-7H,1-4,12H2.